The van der Waals surface area contributed by atoms with Crippen molar-refractivity contribution in [2.24, 2.45) is 0 Å². The Morgan fingerprint density at radius 3 is 2.56 bits per heavy atom. The zero-order chi connectivity index (χ0) is 17.8. The number of fused-ring (bicyclic) bond motifs is 1. The topological polar surface area (TPSA) is 51.0 Å². The van der Waals surface area contributed by atoms with E-state index in [9.17, 15) is 18.0 Å². The van der Waals surface area contributed by atoms with Crippen molar-refractivity contribution >= 4 is 16.9 Å². The zero-order valence-electron chi connectivity index (χ0n) is 13.9. The molecule has 2 aromatic heterocycles. The van der Waals surface area contributed by atoms with Gasteiger partial charge in [-0.05, 0) is 38.7 Å². The summed E-state index contributed by atoms with van der Waals surface area (Å²) in [5, 5.41) is 4.21. The molecule has 25 heavy (non-hydrogen) atoms. The molecule has 2 aliphatic rings. The molecule has 3 heterocycles. The molecule has 0 radical (unpaired) electrons. The Hall–Kier alpha value is -2.12. The molecule has 1 saturated heterocycles. The number of aromatic nitrogens is 3. The first-order valence-electron chi connectivity index (χ1n) is 8.57. The van der Waals surface area contributed by atoms with E-state index < -0.39 is 11.7 Å². The maximum Gasteiger partial charge on any atom is 0.417 e. The van der Waals surface area contributed by atoms with Gasteiger partial charge in [-0.1, -0.05) is 0 Å². The van der Waals surface area contributed by atoms with E-state index in [0.717, 1.165) is 31.7 Å². The number of hydrogen-bond donors (Lipinski definition) is 0. The van der Waals surface area contributed by atoms with Gasteiger partial charge in [0, 0.05) is 24.7 Å². The summed E-state index contributed by atoms with van der Waals surface area (Å²) in [6, 6.07) is 1.15. The second kappa shape index (κ2) is 5.71. The third kappa shape index (κ3) is 2.98. The van der Waals surface area contributed by atoms with Crippen LogP contribution in [-0.2, 0) is 17.5 Å². The first kappa shape index (κ1) is 16.4. The number of likely N-dealkylation sites (tertiary alicyclic amines) is 1. The number of carbonyl (C=O) groups is 1. The number of pyridine rings is 1. The molecule has 0 aromatic carbocycles. The molecule has 134 valence electrons. The fourth-order valence-corrected chi connectivity index (χ4v) is 3.49. The third-order valence-electron chi connectivity index (χ3n) is 4.94. The average molecular weight is 352 g/mol. The first-order valence-corrected chi connectivity index (χ1v) is 8.57. The predicted octanol–water partition coefficient (Wildman–Crippen LogP) is 3.26. The zero-order valence-corrected chi connectivity index (χ0v) is 13.9. The van der Waals surface area contributed by atoms with Crippen molar-refractivity contribution in [2.45, 2.75) is 51.2 Å². The summed E-state index contributed by atoms with van der Waals surface area (Å²) in [7, 11) is 0. The van der Waals surface area contributed by atoms with Gasteiger partial charge in [-0.25, -0.2) is 9.67 Å². The van der Waals surface area contributed by atoms with Crippen molar-refractivity contribution in [3.8, 4) is 0 Å². The van der Waals surface area contributed by atoms with Crippen LogP contribution in [0, 0.1) is 6.92 Å². The summed E-state index contributed by atoms with van der Waals surface area (Å²) in [6.45, 7) is 2.87. The summed E-state index contributed by atoms with van der Waals surface area (Å²) in [5.41, 5.74) is 0.180. The van der Waals surface area contributed by atoms with Gasteiger partial charge in [-0.15, -0.1) is 0 Å². The van der Waals surface area contributed by atoms with Gasteiger partial charge in [-0.2, -0.15) is 18.3 Å². The second-order valence-corrected chi connectivity index (χ2v) is 6.90. The summed E-state index contributed by atoms with van der Waals surface area (Å²) >= 11 is 0. The molecule has 0 bridgehead atoms. The minimum absolute atomic E-state index is 0.00567. The van der Waals surface area contributed by atoms with Crippen LogP contribution in [-0.4, -0.2) is 38.7 Å². The number of amides is 1. The van der Waals surface area contributed by atoms with Crippen molar-refractivity contribution in [2.75, 3.05) is 13.1 Å². The molecular formula is C17H19F3N4O. The molecule has 0 unspecified atom stereocenters. The normalized spacial score (nSPS) is 18.3. The van der Waals surface area contributed by atoms with Crippen molar-refractivity contribution in [1.82, 2.24) is 19.7 Å². The highest BCUT2D eigenvalue weighted by atomic mass is 19.4. The van der Waals surface area contributed by atoms with Gasteiger partial charge in [0.15, 0.2) is 5.65 Å². The van der Waals surface area contributed by atoms with Crippen LogP contribution >= 0.6 is 0 Å². The standard InChI is InChI=1S/C17H19F3N4O/c1-10-15-12(17(18,19)20)8-13(11-4-5-11)21-16(15)24(22-10)9-14(25)23-6-2-3-7-23/h8,11H,2-7,9H2,1H3. The lowest BCUT2D eigenvalue weighted by Gasteiger charge is -2.15. The third-order valence-corrected chi connectivity index (χ3v) is 4.94. The van der Waals surface area contributed by atoms with Crippen LogP contribution in [0.5, 0.6) is 0 Å². The van der Waals surface area contributed by atoms with Crippen molar-refractivity contribution in [3.63, 3.8) is 0 Å². The van der Waals surface area contributed by atoms with E-state index in [4.69, 9.17) is 0 Å². The lowest BCUT2D eigenvalue weighted by molar-refractivity contribution is -0.136. The van der Waals surface area contributed by atoms with E-state index in [-0.39, 0.29) is 35.1 Å². The maximum absolute atomic E-state index is 13.5. The van der Waals surface area contributed by atoms with Gasteiger partial charge in [0.1, 0.15) is 6.54 Å². The number of hydrogen-bond acceptors (Lipinski definition) is 3. The highest BCUT2D eigenvalue weighted by Crippen LogP contribution is 2.43. The molecule has 0 atom stereocenters. The van der Waals surface area contributed by atoms with E-state index in [1.165, 1.54) is 11.6 Å². The molecule has 1 amide bonds. The number of carbonyl (C=O) groups excluding carboxylic acids is 1. The van der Waals surface area contributed by atoms with E-state index in [0.29, 0.717) is 18.8 Å². The van der Waals surface area contributed by atoms with Gasteiger partial charge < -0.3 is 4.90 Å². The molecular weight excluding hydrogens is 333 g/mol. The number of aryl methyl sites for hydroxylation is 1. The minimum Gasteiger partial charge on any atom is -0.341 e. The lowest BCUT2D eigenvalue weighted by Crippen LogP contribution is -2.31. The minimum atomic E-state index is -4.47. The van der Waals surface area contributed by atoms with Crippen LogP contribution in [0.3, 0.4) is 0 Å². The van der Waals surface area contributed by atoms with Crippen LogP contribution < -0.4 is 0 Å². The van der Waals surface area contributed by atoms with Gasteiger partial charge in [0.05, 0.1) is 16.6 Å². The van der Waals surface area contributed by atoms with E-state index in [1.54, 1.807) is 4.90 Å². The van der Waals surface area contributed by atoms with Gasteiger partial charge in [0.25, 0.3) is 0 Å². The monoisotopic (exact) mass is 352 g/mol. The highest BCUT2D eigenvalue weighted by molar-refractivity contribution is 5.85. The number of alkyl halides is 3. The summed E-state index contributed by atoms with van der Waals surface area (Å²) in [4.78, 5) is 18.6. The second-order valence-electron chi connectivity index (χ2n) is 6.90. The van der Waals surface area contributed by atoms with Crippen LogP contribution in [0.2, 0.25) is 0 Å². The molecule has 1 saturated carbocycles. The summed E-state index contributed by atoms with van der Waals surface area (Å²) in [6.07, 6.45) is -0.826. The fourth-order valence-electron chi connectivity index (χ4n) is 3.49. The molecule has 1 aliphatic carbocycles. The van der Waals surface area contributed by atoms with Gasteiger partial charge >= 0.3 is 6.18 Å². The maximum atomic E-state index is 13.5. The average Bonchev–Trinajstić information content (AvgIpc) is 3.16. The van der Waals surface area contributed by atoms with Crippen molar-refractivity contribution < 1.29 is 18.0 Å². The first-order chi connectivity index (χ1) is 11.8. The number of rotatable bonds is 3. The Kier molecular flexibility index (Phi) is 3.73. The molecule has 4 rings (SSSR count). The summed E-state index contributed by atoms with van der Waals surface area (Å²) < 4.78 is 42.0. The van der Waals surface area contributed by atoms with Crippen LogP contribution in [0.1, 0.15) is 48.6 Å². The highest BCUT2D eigenvalue weighted by Gasteiger charge is 2.37. The largest absolute Gasteiger partial charge is 0.417 e. The van der Waals surface area contributed by atoms with E-state index in [2.05, 4.69) is 10.1 Å². The Bertz CT molecular complexity index is 833. The fraction of sp³-hybridized carbons (Fsp3) is 0.588. The quantitative estimate of drug-likeness (QED) is 0.852. The molecule has 0 N–H and O–H groups in total. The van der Waals surface area contributed by atoms with Crippen LogP contribution in [0.15, 0.2) is 6.07 Å². The molecule has 0 spiro atoms. The Morgan fingerprint density at radius 2 is 1.96 bits per heavy atom. The molecule has 2 fully saturated rings. The van der Waals surface area contributed by atoms with E-state index in [1.807, 2.05) is 0 Å². The Balaban J connectivity index is 1.79. The van der Waals surface area contributed by atoms with Gasteiger partial charge in [-0.3, -0.25) is 4.79 Å². The number of nitrogens with zero attached hydrogens (tertiary/aromatic N) is 4. The van der Waals surface area contributed by atoms with Crippen molar-refractivity contribution in [1.29, 1.82) is 0 Å². The molecule has 2 aromatic rings. The van der Waals surface area contributed by atoms with Crippen LogP contribution in [0.4, 0.5) is 13.2 Å². The van der Waals surface area contributed by atoms with E-state index >= 15 is 0 Å². The van der Waals surface area contributed by atoms with Crippen LogP contribution in [0.25, 0.3) is 11.0 Å². The Morgan fingerprint density at radius 1 is 1.28 bits per heavy atom. The molecule has 8 heteroatoms. The van der Waals surface area contributed by atoms with Gasteiger partial charge in [0.2, 0.25) is 5.91 Å². The van der Waals surface area contributed by atoms with Crippen molar-refractivity contribution in [3.05, 3.63) is 23.0 Å². The number of halogens is 3. The predicted molar refractivity (Wildman–Crippen MR) is 85.1 cm³/mol. The SMILES string of the molecule is Cc1nn(CC(=O)N2CCCC2)c2nc(C3CC3)cc(C(F)(F)F)c12. The lowest BCUT2D eigenvalue weighted by atomic mass is 10.1. The molecule has 1 aliphatic heterocycles. The molecule has 5 nitrogen and oxygen atoms in total. The Labute approximate surface area is 142 Å². The smallest absolute Gasteiger partial charge is 0.341 e. The summed E-state index contributed by atoms with van der Waals surface area (Å²) in [5.74, 6) is -0.0301.